The van der Waals surface area contributed by atoms with E-state index in [1.54, 1.807) is 26.2 Å². The van der Waals surface area contributed by atoms with Crippen molar-refractivity contribution in [2.45, 2.75) is 13.3 Å². The van der Waals surface area contributed by atoms with Crippen molar-refractivity contribution in [2.75, 3.05) is 13.6 Å². The van der Waals surface area contributed by atoms with Crippen molar-refractivity contribution in [3.63, 3.8) is 0 Å². The molecule has 0 aliphatic rings. The zero-order valence-electron chi connectivity index (χ0n) is 14.2. The van der Waals surface area contributed by atoms with Crippen LogP contribution in [0, 0.1) is 5.82 Å². The molecular formula is C17H18FN5O2. The lowest BCUT2D eigenvalue weighted by atomic mass is 10.1. The van der Waals surface area contributed by atoms with Crippen molar-refractivity contribution >= 4 is 17.2 Å². The largest absolute Gasteiger partial charge is 0.338 e. The summed E-state index contributed by atoms with van der Waals surface area (Å²) in [6.45, 7) is 2.29. The zero-order chi connectivity index (χ0) is 18.1. The SMILES string of the molecule is CCN(C)C(=O)n1c(=O)n(C)c2nc(Cc3cccc(F)c3)ncc21. The number of carbonyl (C=O) groups is 1. The summed E-state index contributed by atoms with van der Waals surface area (Å²) >= 11 is 0. The molecule has 2 aromatic heterocycles. The third-order valence-corrected chi connectivity index (χ3v) is 4.08. The highest BCUT2D eigenvalue weighted by Gasteiger charge is 2.20. The van der Waals surface area contributed by atoms with Crippen molar-refractivity contribution in [3.05, 3.63) is 58.2 Å². The lowest BCUT2D eigenvalue weighted by Crippen LogP contribution is -2.37. The van der Waals surface area contributed by atoms with Gasteiger partial charge in [0, 0.05) is 27.1 Å². The third-order valence-electron chi connectivity index (χ3n) is 4.08. The van der Waals surface area contributed by atoms with E-state index >= 15 is 0 Å². The first kappa shape index (κ1) is 16.8. The molecule has 0 unspecified atom stereocenters. The monoisotopic (exact) mass is 343 g/mol. The highest BCUT2D eigenvalue weighted by Crippen LogP contribution is 2.13. The molecule has 8 heteroatoms. The standard InChI is InChI=1S/C17H18FN5O2/c1-4-21(2)16(24)23-13-10-19-14(20-15(13)22(3)17(23)25)9-11-6-5-7-12(18)8-11/h5-8,10H,4,9H2,1-3H3. The fourth-order valence-corrected chi connectivity index (χ4v) is 2.56. The van der Waals surface area contributed by atoms with Crippen LogP contribution in [0.1, 0.15) is 18.3 Å². The number of aromatic nitrogens is 4. The maximum atomic E-state index is 13.3. The van der Waals surface area contributed by atoms with E-state index in [2.05, 4.69) is 9.97 Å². The van der Waals surface area contributed by atoms with Gasteiger partial charge in [0.25, 0.3) is 0 Å². The molecule has 0 bridgehead atoms. The molecule has 1 amide bonds. The molecule has 0 saturated carbocycles. The second-order valence-corrected chi connectivity index (χ2v) is 5.78. The minimum atomic E-state index is -0.475. The van der Waals surface area contributed by atoms with E-state index < -0.39 is 11.7 Å². The second kappa shape index (κ2) is 6.46. The average molecular weight is 343 g/mol. The normalized spacial score (nSPS) is 11.0. The quantitative estimate of drug-likeness (QED) is 0.727. The van der Waals surface area contributed by atoms with Gasteiger partial charge in [-0.25, -0.2) is 28.5 Å². The number of fused-ring (bicyclic) bond motifs is 1. The van der Waals surface area contributed by atoms with Crippen molar-refractivity contribution in [1.82, 2.24) is 24.0 Å². The first-order valence-electron chi connectivity index (χ1n) is 7.85. The van der Waals surface area contributed by atoms with Crippen LogP contribution in [0.4, 0.5) is 9.18 Å². The fraction of sp³-hybridized carbons (Fsp3) is 0.294. The van der Waals surface area contributed by atoms with Crippen LogP contribution in [0.15, 0.2) is 35.3 Å². The van der Waals surface area contributed by atoms with Crippen LogP contribution in [0.25, 0.3) is 11.2 Å². The summed E-state index contributed by atoms with van der Waals surface area (Å²) in [5.74, 6) is 0.118. The van der Waals surface area contributed by atoms with Gasteiger partial charge in [-0.1, -0.05) is 12.1 Å². The van der Waals surface area contributed by atoms with Gasteiger partial charge in [0.05, 0.1) is 6.20 Å². The summed E-state index contributed by atoms with van der Waals surface area (Å²) in [6.07, 6.45) is 1.79. The van der Waals surface area contributed by atoms with Crippen LogP contribution in [0.2, 0.25) is 0 Å². The number of rotatable bonds is 3. The van der Waals surface area contributed by atoms with Gasteiger partial charge in [-0.15, -0.1) is 0 Å². The summed E-state index contributed by atoms with van der Waals surface area (Å²) in [6, 6.07) is 5.75. The molecule has 25 heavy (non-hydrogen) atoms. The Hall–Kier alpha value is -3.03. The molecular weight excluding hydrogens is 325 g/mol. The number of carbonyl (C=O) groups excluding carboxylic acids is 1. The fourth-order valence-electron chi connectivity index (χ4n) is 2.56. The molecule has 0 fully saturated rings. The number of imidazole rings is 1. The van der Waals surface area contributed by atoms with Crippen LogP contribution in [-0.2, 0) is 13.5 Å². The Morgan fingerprint density at radius 1 is 1.36 bits per heavy atom. The molecule has 0 radical (unpaired) electrons. The smallest absolute Gasteiger partial charge is 0.327 e. The molecule has 0 N–H and O–H groups in total. The molecule has 0 saturated heterocycles. The summed E-state index contributed by atoms with van der Waals surface area (Å²) in [4.78, 5) is 34.9. The summed E-state index contributed by atoms with van der Waals surface area (Å²) in [7, 11) is 3.17. The van der Waals surface area contributed by atoms with Gasteiger partial charge in [0.1, 0.15) is 17.2 Å². The molecule has 0 atom stereocenters. The number of aryl methyl sites for hydroxylation is 1. The Balaban J connectivity index is 2.06. The van der Waals surface area contributed by atoms with Crippen LogP contribution >= 0.6 is 0 Å². The van der Waals surface area contributed by atoms with Crippen LogP contribution in [0.3, 0.4) is 0 Å². The Labute approximate surface area is 143 Å². The van der Waals surface area contributed by atoms with E-state index in [9.17, 15) is 14.0 Å². The Kier molecular flexibility index (Phi) is 4.35. The van der Waals surface area contributed by atoms with E-state index in [1.807, 2.05) is 6.92 Å². The predicted molar refractivity (Wildman–Crippen MR) is 91.1 cm³/mol. The van der Waals surface area contributed by atoms with Crippen LogP contribution in [0.5, 0.6) is 0 Å². The van der Waals surface area contributed by atoms with Gasteiger partial charge in [-0.3, -0.25) is 4.57 Å². The minimum absolute atomic E-state index is 0.328. The molecule has 130 valence electrons. The molecule has 2 heterocycles. The molecule has 7 nitrogen and oxygen atoms in total. The van der Waals surface area contributed by atoms with Crippen LogP contribution < -0.4 is 5.69 Å². The molecule has 3 aromatic rings. The molecule has 0 aliphatic heterocycles. The van der Waals surface area contributed by atoms with Gasteiger partial charge >= 0.3 is 11.7 Å². The van der Waals surface area contributed by atoms with Gasteiger partial charge in [0.2, 0.25) is 0 Å². The first-order chi connectivity index (χ1) is 11.9. The number of hydrogen-bond acceptors (Lipinski definition) is 4. The zero-order valence-corrected chi connectivity index (χ0v) is 14.2. The van der Waals surface area contributed by atoms with Crippen molar-refractivity contribution in [2.24, 2.45) is 7.05 Å². The Morgan fingerprint density at radius 2 is 2.12 bits per heavy atom. The van der Waals surface area contributed by atoms with E-state index in [1.165, 1.54) is 27.8 Å². The number of benzene rings is 1. The van der Waals surface area contributed by atoms with Gasteiger partial charge in [-0.2, -0.15) is 0 Å². The van der Waals surface area contributed by atoms with E-state index in [0.29, 0.717) is 30.0 Å². The first-order valence-corrected chi connectivity index (χ1v) is 7.85. The van der Waals surface area contributed by atoms with Crippen molar-refractivity contribution in [1.29, 1.82) is 0 Å². The predicted octanol–water partition coefficient (Wildman–Crippen LogP) is 1.78. The van der Waals surface area contributed by atoms with E-state index in [-0.39, 0.29) is 5.82 Å². The maximum Gasteiger partial charge on any atom is 0.338 e. The van der Waals surface area contributed by atoms with Crippen LogP contribution in [-0.4, -0.2) is 43.6 Å². The molecule has 1 aromatic carbocycles. The number of amides is 1. The maximum absolute atomic E-state index is 13.3. The van der Waals surface area contributed by atoms with E-state index in [4.69, 9.17) is 0 Å². The highest BCUT2D eigenvalue weighted by molar-refractivity contribution is 5.87. The molecule has 0 spiro atoms. The van der Waals surface area contributed by atoms with Crippen molar-refractivity contribution < 1.29 is 9.18 Å². The Morgan fingerprint density at radius 3 is 2.80 bits per heavy atom. The molecule has 3 rings (SSSR count). The lowest BCUT2D eigenvalue weighted by molar-refractivity contribution is 0.212. The topological polar surface area (TPSA) is 73.0 Å². The Bertz CT molecular complexity index is 1010. The molecule has 0 aliphatic carbocycles. The summed E-state index contributed by atoms with van der Waals surface area (Å²) in [5.41, 5.74) is 0.966. The van der Waals surface area contributed by atoms with Gasteiger partial charge < -0.3 is 4.90 Å². The van der Waals surface area contributed by atoms with Gasteiger partial charge in [-0.05, 0) is 24.6 Å². The highest BCUT2D eigenvalue weighted by atomic mass is 19.1. The van der Waals surface area contributed by atoms with E-state index in [0.717, 1.165) is 10.1 Å². The van der Waals surface area contributed by atoms with Gasteiger partial charge in [0.15, 0.2) is 5.65 Å². The summed E-state index contributed by atoms with van der Waals surface area (Å²) in [5, 5.41) is 0. The summed E-state index contributed by atoms with van der Waals surface area (Å²) < 4.78 is 15.7. The number of halogens is 1. The average Bonchev–Trinajstić information content (AvgIpc) is 2.84. The minimum Gasteiger partial charge on any atom is -0.327 e. The lowest BCUT2D eigenvalue weighted by Gasteiger charge is -2.14. The third kappa shape index (κ3) is 3.02. The number of nitrogens with zero attached hydrogens (tertiary/aromatic N) is 5. The second-order valence-electron chi connectivity index (χ2n) is 5.78. The van der Waals surface area contributed by atoms with Crippen molar-refractivity contribution in [3.8, 4) is 0 Å². The number of hydrogen-bond donors (Lipinski definition) is 0.